The van der Waals surface area contributed by atoms with Gasteiger partial charge in [0.2, 0.25) is 0 Å². The molecule has 146 valence electrons. The Balaban J connectivity index is 1.48. The Morgan fingerprint density at radius 2 is 1.90 bits per heavy atom. The number of amides is 1. The lowest BCUT2D eigenvalue weighted by atomic mass is 10.1. The highest BCUT2D eigenvalue weighted by atomic mass is 16.5. The number of aryl methyl sites for hydroxylation is 2. The van der Waals surface area contributed by atoms with Gasteiger partial charge in [-0.15, -0.1) is 0 Å². The molecule has 0 fully saturated rings. The number of carbonyl (C=O) groups is 1. The van der Waals surface area contributed by atoms with Gasteiger partial charge in [-0.3, -0.25) is 4.79 Å². The third kappa shape index (κ3) is 3.96. The number of carbonyl (C=O) groups excluding carboxylic acids is 1. The summed E-state index contributed by atoms with van der Waals surface area (Å²) in [4.78, 5) is 17.1. The van der Waals surface area contributed by atoms with E-state index < -0.39 is 0 Å². The van der Waals surface area contributed by atoms with E-state index in [0.29, 0.717) is 18.7 Å². The molecule has 0 saturated heterocycles. The van der Waals surface area contributed by atoms with Crippen LogP contribution in [0.1, 0.15) is 21.6 Å². The van der Waals surface area contributed by atoms with Crippen molar-refractivity contribution in [1.82, 2.24) is 19.9 Å². The van der Waals surface area contributed by atoms with Crippen molar-refractivity contribution in [2.24, 2.45) is 0 Å². The smallest absolute Gasteiger partial charge is 0.254 e. The molecule has 0 spiro atoms. The maximum absolute atomic E-state index is 12.6. The van der Waals surface area contributed by atoms with Crippen molar-refractivity contribution in [2.45, 2.75) is 13.8 Å². The number of nitrogens with zero attached hydrogens (tertiary/aromatic N) is 3. The molecule has 0 bridgehead atoms. The molecule has 0 radical (unpaired) electrons. The van der Waals surface area contributed by atoms with E-state index in [1.807, 2.05) is 49.4 Å². The van der Waals surface area contributed by atoms with Gasteiger partial charge < -0.3 is 10.1 Å². The molecule has 2 aromatic carbocycles. The quantitative estimate of drug-likeness (QED) is 0.512. The Labute approximate surface area is 169 Å². The molecule has 0 unspecified atom stereocenters. The first-order chi connectivity index (χ1) is 14.1. The van der Waals surface area contributed by atoms with E-state index in [4.69, 9.17) is 4.74 Å². The van der Waals surface area contributed by atoms with E-state index in [-0.39, 0.29) is 5.91 Å². The van der Waals surface area contributed by atoms with E-state index in [1.54, 1.807) is 16.9 Å². The fourth-order valence-electron chi connectivity index (χ4n) is 3.23. The average molecular weight is 386 g/mol. The average Bonchev–Trinajstić information content (AvgIpc) is 3.17. The zero-order valence-corrected chi connectivity index (χ0v) is 16.4. The lowest BCUT2D eigenvalue weighted by Crippen LogP contribution is -2.29. The van der Waals surface area contributed by atoms with Gasteiger partial charge in [0.15, 0.2) is 5.65 Å². The largest absolute Gasteiger partial charge is 0.492 e. The summed E-state index contributed by atoms with van der Waals surface area (Å²) in [6.45, 7) is 4.72. The summed E-state index contributed by atoms with van der Waals surface area (Å²) in [7, 11) is 0. The first-order valence-electron chi connectivity index (χ1n) is 9.50. The van der Waals surface area contributed by atoms with Crippen LogP contribution in [0.4, 0.5) is 0 Å². The fourth-order valence-corrected chi connectivity index (χ4v) is 3.23. The number of hydrogen-bond acceptors (Lipinski definition) is 4. The first kappa shape index (κ1) is 18.7. The molecule has 0 aliphatic carbocycles. The van der Waals surface area contributed by atoms with E-state index >= 15 is 0 Å². The molecule has 0 atom stereocenters. The molecule has 1 N–H and O–H groups in total. The van der Waals surface area contributed by atoms with Crippen LogP contribution in [0.25, 0.3) is 16.8 Å². The van der Waals surface area contributed by atoms with Gasteiger partial charge in [-0.2, -0.15) is 5.10 Å². The second kappa shape index (κ2) is 8.14. The van der Waals surface area contributed by atoms with Gasteiger partial charge in [0.25, 0.3) is 5.91 Å². The zero-order chi connectivity index (χ0) is 20.2. The molecular formula is C23H22N4O2. The molecule has 0 aliphatic heterocycles. The Morgan fingerprint density at radius 3 is 2.69 bits per heavy atom. The highest BCUT2D eigenvalue weighted by molar-refractivity contribution is 5.95. The van der Waals surface area contributed by atoms with Crippen molar-refractivity contribution in [3.05, 3.63) is 83.8 Å². The minimum Gasteiger partial charge on any atom is -0.492 e. The van der Waals surface area contributed by atoms with Crippen LogP contribution in [0.3, 0.4) is 0 Å². The van der Waals surface area contributed by atoms with Crippen LogP contribution in [0.5, 0.6) is 5.75 Å². The number of nitrogens with one attached hydrogen (secondary N) is 1. The summed E-state index contributed by atoms with van der Waals surface area (Å²) >= 11 is 0. The second-order valence-corrected chi connectivity index (χ2v) is 6.84. The minimum absolute atomic E-state index is 0.193. The van der Waals surface area contributed by atoms with Gasteiger partial charge in [0.05, 0.1) is 24.0 Å². The summed E-state index contributed by atoms with van der Waals surface area (Å²) in [6.07, 6.45) is 3.40. The maximum atomic E-state index is 12.6. The van der Waals surface area contributed by atoms with Gasteiger partial charge in [0.1, 0.15) is 12.4 Å². The summed E-state index contributed by atoms with van der Waals surface area (Å²) < 4.78 is 7.32. The Hall–Kier alpha value is -3.67. The van der Waals surface area contributed by atoms with Crippen LogP contribution in [-0.4, -0.2) is 33.7 Å². The van der Waals surface area contributed by atoms with Crippen LogP contribution in [0.2, 0.25) is 0 Å². The second-order valence-electron chi connectivity index (χ2n) is 6.84. The lowest BCUT2D eigenvalue weighted by Gasteiger charge is -2.10. The first-order valence-corrected chi connectivity index (χ1v) is 9.50. The molecule has 29 heavy (non-hydrogen) atoms. The van der Waals surface area contributed by atoms with Crippen molar-refractivity contribution in [3.63, 3.8) is 0 Å². The van der Waals surface area contributed by atoms with Gasteiger partial charge in [0, 0.05) is 11.8 Å². The number of fused-ring (bicyclic) bond motifs is 1. The zero-order valence-electron chi connectivity index (χ0n) is 16.4. The fraction of sp³-hybridized carbons (Fsp3) is 0.174. The Bertz CT molecular complexity index is 1150. The number of para-hydroxylation sites is 1. The summed E-state index contributed by atoms with van der Waals surface area (Å²) in [5.41, 5.74) is 5.15. The van der Waals surface area contributed by atoms with Crippen LogP contribution in [-0.2, 0) is 0 Å². The SMILES string of the molecule is Cc1cccc(-c2cnn3c(C)c(C(=O)NCCOc4ccccc4)cnc23)c1. The summed E-state index contributed by atoms with van der Waals surface area (Å²) in [5.74, 6) is 0.586. The van der Waals surface area contributed by atoms with Crippen LogP contribution in [0.15, 0.2) is 67.0 Å². The molecule has 4 aromatic rings. The number of ether oxygens (including phenoxy) is 1. The molecule has 1 amide bonds. The topological polar surface area (TPSA) is 68.5 Å². The summed E-state index contributed by atoms with van der Waals surface area (Å²) in [6, 6.07) is 17.7. The highest BCUT2D eigenvalue weighted by Gasteiger charge is 2.16. The van der Waals surface area contributed by atoms with Crippen molar-refractivity contribution in [2.75, 3.05) is 13.2 Å². The monoisotopic (exact) mass is 386 g/mol. The lowest BCUT2D eigenvalue weighted by molar-refractivity contribution is 0.0945. The number of benzene rings is 2. The van der Waals surface area contributed by atoms with Crippen LogP contribution < -0.4 is 10.1 Å². The Kier molecular flexibility index (Phi) is 5.24. The van der Waals surface area contributed by atoms with Gasteiger partial charge >= 0.3 is 0 Å². The van der Waals surface area contributed by atoms with Crippen molar-refractivity contribution in [1.29, 1.82) is 0 Å². The number of aromatic nitrogens is 3. The maximum Gasteiger partial charge on any atom is 0.254 e. The molecule has 2 heterocycles. The van der Waals surface area contributed by atoms with Gasteiger partial charge in [-0.05, 0) is 31.5 Å². The minimum atomic E-state index is -0.193. The van der Waals surface area contributed by atoms with E-state index in [9.17, 15) is 4.79 Å². The molecule has 6 nitrogen and oxygen atoms in total. The van der Waals surface area contributed by atoms with Gasteiger partial charge in [-0.25, -0.2) is 9.50 Å². The predicted octanol–water partition coefficient (Wildman–Crippen LogP) is 3.82. The predicted molar refractivity (Wildman–Crippen MR) is 112 cm³/mol. The van der Waals surface area contributed by atoms with E-state index in [2.05, 4.69) is 34.5 Å². The Morgan fingerprint density at radius 1 is 1.07 bits per heavy atom. The third-order valence-electron chi connectivity index (χ3n) is 4.74. The van der Waals surface area contributed by atoms with Crippen LogP contribution in [0, 0.1) is 13.8 Å². The van der Waals surface area contributed by atoms with Crippen molar-refractivity contribution < 1.29 is 9.53 Å². The normalized spacial score (nSPS) is 10.8. The highest BCUT2D eigenvalue weighted by Crippen LogP contribution is 2.25. The molecule has 6 heteroatoms. The number of hydrogen-bond donors (Lipinski definition) is 1. The molecule has 2 aromatic heterocycles. The number of rotatable bonds is 6. The molecule has 4 rings (SSSR count). The van der Waals surface area contributed by atoms with Crippen molar-refractivity contribution >= 4 is 11.6 Å². The molecule has 0 saturated carbocycles. The van der Waals surface area contributed by atoms with Crippen LogP contribution >= 0.6 is 0 Å². The van der Waals surface area contributed by atoms with E-state index in [0.717, 1.165) is 28.2 Å². The molecular weight excluding hydrogens is 364 g/mol. The van der Waals surface area contributed by atoms with E-state index in [1.165, 1.54) is 5.56 Å². The standard InChI is InChI=1S/C23H22N4O2/c1-16-7-6-8-18(13-16)21-15-26-27-17(2)20(14-25-22(21)27)23(28)24-11-12-29-19-9-4-3-5-10-19/h3-10,13-15H,11-12H2,1-2H3,(H,24,28). The summed E-state index contributed by atoms with van der Waals surface area (Å²) in [5, 5.41) is 7.33. The third-order valence-corrected chi connectivity index (χ3v) is 4.74. The van der Waals surface area contributed by atoms with Gasteiger partial charge in [-0.1, -0.05) is 48.0 Å². The molecule has 0 aliphatic rings. The van der Waals surface area contributed by atoms with Crippen molar-refractivity contribution in [3.8, 4) is 16.9 Å².